The maximum Gasteiger partial charge on any atom is 0.0593 e. The molecule has 4 nitrogen and oxygen atoms in total. The van der Waals surface area contributed by atoms with Crippen molar-refractivity contribution in [2.75, 3.05) is 25.4 Å². The van der Waals surface area contributed by atoms with Crippen LogP contribution in [0.15, 0.2) is 6.20 Å². The largest absolute Gasteiger partial charge is 0.398 e. The second kappa shape index (κ2) is 5.02. The van der Waals surface area contributed by atoms with E-state index in [1.807, 2.05) is 20.0 Å². The van der Waals surface area contributed by atoms with Gasteiger partial charge in [0.05, 0.1) is 5.69 Å². The molecule has 1 saturated heterocycles. The van der Waals surface area contributed by atoms with Gasteiger partial charge in [0.2, 0.25) is 0 Å². The lowest BCUT2D eigenvalue weighted by Crippen LogP contribution is -2.22. The fourth-order valence-corrected chi connectivity index (χ4v) is 2.37. The third-order valence-electron chi connectivity index (χ3n) is 3.68. The maximum atomic E-state index is 9.12. The molecule has 0 radical (unpaired) electrons. The van der Waals surface area contributed by atoms with Crippen molar-refractivity contribution in [1.29, 1.82) is 0 Å². The van der Waals surface area contributed by atoms with E-state index in [9.17, 15) is 0 Å². The molecule has 1 aromatic rings. The predicted molar refractivity (Wildman–Crippen MR) is 68.6 cm³/mol. The fraction of sp³-hybridized carbons (Fsp3) is 0.615. The molecule has 4 heteroatoms. The number of hydrogen-bond acceptors (Lipinski definition) is 4. The smallest absolute Gasteiger partial charge is 0.0593 e. The third kappa shape index (κ3) is 2.58. The molecular weight excluding hydrogens is 214 g/mol. The second-order valence-corrected chi connectivity index (χ2v) is 5.00. The van der Waals surface area contributed by atoms with E-state index in [4.69, 9.17) is 10.8 Å². The molecule has 0 aliphatic carbocycles. The van der Waals surface area contributed by atoms with E-state index in [2.05, 4.69) is 9.88 Å². The Bertz CT molecular complexity index is 406. The molecule has 0 bridgehead atoms. The number of rotatable bonds is 3. The number of aromatic nitrogens is 1. The lowest BCUT2D eigenvalue weighted by molar-refractivity contribution is 0.219. The SMILES string of the molecule is Cc1cnc(CN2CCC(CO)C2)c(C)c1N. The molecule has 0 spiro atoms. The van der Waals surface area contributed by atoms with Gasteiger partial charge in [0.1, 0.15) is 0 Å². The van der Waals surface area contributed by atoms with E-state index in [0.29, 0.717) is 12.5 Å². The number of hydrogen-bond donors (Lipinski definition) is 2. The topological polar surface area (TPSA) is 62.4 Å². The molecule has 0 saturated carbocycles. The first-order valence-electron chi connectivity index (χ1n) is 6.15. The minimum Gasteiger partial charge on any atom is -0.398 e. The van der Waals surface area contributed by atoms with Gasteiger partial charge in [0, 0.05) is 31.6 Å². The van der Waals surface area contributed by atoms with Gasteiger partial charge < -0.3 is 10.8 Å². The van der Waals surface area contributed by atoms with E-state index < -0.39 is 0 Å². The standard InChI is InChI=1S/C13H21N3O/c1-9-5-15-12(10(2)13(9)14)7-16-4-3-11(6-16)8-17/h5,11,17H,3-4,6-8H2,1-2H3,(H2,14,15). The summed E-state index contributed by atoms with van der Waals surface area (Å²) in [5.74, 6) is 0.429. The summed E-state index contributed by atoms with van der Waals surface area (Å²) in [6.07, 6.45) is 2.92. The van der Waals surface area contributed by atoms with Crippen LogP contribution in [0, 0.1) is 19.8 Å². The number of aliphatic hydroxyl groups excluding tert-OH is 1. The molecular formula is C13H21N3O. The van der Waals surface area contributed by atoms with Crippen LogP contribution in [-0.4, -0.2) is 34.7 Å². The zero-order valence-corrected chi connectivity index (χ0v) is 10.6. The molecule has 1 fully saturated rings. The van der Waals surface area contributed by atoms with E-state index in [1.165, 1.54) is 0 Å². The summed E-state index contributed by atoms with van der Waals surface area (Å²) in [6.45, 7) is 7.15. The molecule has 3 N–H and O–H groups in total. The normalized spacial score (nSPS) is 21.0. The first-order chi connectivity index (χ1) is 8.11. The van der Waals surface area contributed by atoms with E-state index in [-0.39, 0.29) is 0 Å². The van der Waals surface area contributed by atoms with Crippen molar-refractivity contribution < 1.29 is 5.11 Å². The van der Waals surface area contributed by atoms with Gasteiger partial charge in [0.25, 0.3) is 0 Å². The summed E-state index contributed by atoms with van der Waals surface area (Å²) < 4.78 is 0. The summed E-state index contributed by atoms with van der Waals surface area (Å²) in [7, 11) is 0. The van der Waals surface area contributed by atoms with Crippen LogP contribution in [0.2, 0.25) is 0 Å². The summed E-state index contributed by atoms with van der Waals surface area (Å²) in [5, 5.41) is 9.12. The molecule has 1 aromatic heterocycles. The highest BCUT2D eigenvalue weighted by Gasteiger charge is 2.22. The highest BCUT2D eigenvalue weighted by molar-refractivity contribution is 5.53. The number of aliphatic hydroxyl groups is 1. The quantitative estimate of drug-likeness (QED) is 0.823. The lowest BCUT2D eigenvalue weighted by atomic mass is 10.1. The van der Waals surface area contributed by atoms with Crippen molar-refractivity contribution in [3.05, 3.63) is 23.0 Å². The second-order valence-electron chi connectivity index (χ2n) is 5.00. The average molecular weight is 235 g/mol. The van der Waals surface area contributed by atoms with Gasteiger partial charge >= 0.3 is 0 Å². The first kappa shape index (κ1) is 12.3. The van der Waals surface area contributed by atoms with Crippen molar-refractivity contribution >= 4 is 5.69 Å². The van der Waals surface area contributed by atoms with Gasteiger partial charge in [-0.25, -0.2) is 0 Å². The van der Waals surface area contributed by atoms with Gasteiger partial charge in [-0.15, -0.1) is 0 Å². The van der Waals surface area contributed by atoms with Crippen molar-refractivity contribution in [1.82, 2.24) is 9.88 Å². The summed E-state index contributed by atoms with van der Waals surface area (Å²) >= 11 is 0. The third-order valence-corrected chi connectivity index (χ3v) is 3.68. The molecule has 1 aliphatic heterocycles. The number of likely N-dealkylation sites (tertiary alicyclic amines) is 1. The number of nitrogen functional groups attached to an aromatic ring is 1. The van der Waals surface area contributed by atoms with Gasteiger partial charge in [-0.1, -0.05) is 0 Å². The van der Waals surface area contributed by atoms with E-state index in [1.54, 1.807) is 0 Å². The first-order valence-corrected chi connectivity index (χ1v) is 6.15. The monoisotopic (exact) mass is 235 g/mol. The van der Waals surface area contributed by atoms with Crippen LogP contribution in [0.1, 0.15) is 23.2 Å². The number of aryl methyl sites for hydroxylation is 1. The minimum atomic E-state index is 0.291. The molecule has 0 aromatic carbocycles. The Morgan fingerprint density at radius 1 is 1.53 bits per heavy atom. The molecule has 1 aliphatic rings. The molecule has 2 heterocycles. The van der Waals surface area contributed by atoms with Gasteiger partial charge in [-0.05, 0) is 43.9 Å². The molecule has 2 rings (SSSR count). The minimum absolute atomic E-state index is 0.291. The van der Waals surface area contributed by atoms with Gasteiger partial charge in [-0.2, -0.15) is 0 Å². The van der Waals surface area contributed by atoms with Crippen molar-refractivity contribution in [2.45, 2.75) is 26.8 Å². The predicted octanol–water partition coefficient (Wildman–Crippen LogP) is 1.09. The van der Waals surface area contributed by atoms with Crippen LogP contribution in [0.5, 0.6) is 0 Å². The van der Waals surface area contributed by atoms with Crippen LogP contribution < -0.4 is 5.73 Å². The maximum absolute atomic E-state index is 9.12. The van der Waals surface area contributed by atoms with Crippen LogP contribution in [0.4, 0.5) is 5.69 Å². The van der Waals surface area contributed by atoms with Crippen molar-refractivity contribution in [3.63, 3.8) is 0 Å². The zero-order valence-electron chi connectivity index (χ0n) is 10.6. The summed E-state index contributed by atoms with van der Waals surface area (Å²) in [4.78, 5) is 6.81. The van der Waals surface area contributed by atoms with Crippen molar-refractivity contribution in [3.8, 4) is 0 Å². The Morgan fingerprint density at radius 2 is 2.29 bits per heavy atom. The Labute approximate surface area is 102 Å². The molecule has 1 atom stereocenters. The number of anilines is 1. The summed E-state index contributed by atoms with van der Waals surface area (Å²) in [6, 6.07) is 0. The van der Waals surface area contributed by atoms with Crippen molar-refractivity contribution in [2.24, 2.45) is 5.92 Å². The lowest BCUT2D eigenvalue weighted by Gasteiger charge is -2.17. The van der Waals surface area contributed by atoms with Crippen LogP contribution in [-0.2, 0) is 6.54 Å². The fourth-order valence-electron chi connectivity index (χ4n) is 2.37. The number of nitrogens with zero attached hydrogens (tertiary/aromatic N) is 2. The Kier molecular flexibility index (Phi) is 3.64. The molecule has 94 valence electrons. The Morgan fingerprint density at radius 3 is 2.94 bits per heavy atom. The van der Waals surface area contributed by atoms with E-state index in [0.717, 1.165) is 48.6 Å². The van der Waals surface area contributed by atoms with Crippen LogP contribution in [0.3, 0.4) is 0 Å². The van der Waals surface area contributed by atoms with E-state index >= 15 is 0 Å². The summed E-state index contributed by atoms with van der Waals surface area (Å²) in [5.41, 5.74) is 10.1. The Balaban J connectivity index is 2.07. The number of pyridine rings is 1. The highest BCUT2D eigenvalue weighted by atomic mass is 16.3. The van der Waals surface area contributed by atoms with Crippen LogP contribution >= 0.6 is 0 Å². The average Bonchev–Trinajstić information content (AvgIpc) is 2.78. The highest BCUT2D eigenvalue weighted by Crippen LogP contribution is 2.22. The zero-order chi connectivity index (χ0) is 12.4. The molecule has 0 amide bonds. The van der Waals surface area contributed by atoms with Crippen LogP contribution in [0.25, 0.3) is 0 Å². The Hall–Kier alpha value is -1.13. The van der Waals surface area contributed by atoms with Gasteiger partial charge in [-0.3, -0.25) is 9.88 Å². The number of nitrogens with two attached hydrogens (primary N) is 1. The van der Waals surface area contributed by atoms with Gasteiger partial charge in [0.15, 0.2) is 0 Å². The molecule has 1 unspecified atom stereocenters. The molecule has 17 heavy (non-hydrogen) atoms.